The van der Waals surface area contributed by atoms with Crippen molar-refractivity contribution in [2.24, 2.45) is 11.8 Å². The molecular weight excluding hydrogens is 192 g/mol. The lowest BCUT2D eigenvalue weighted by Gasteiger charge is -2.19. The Balaban J connectivity index is 2.18. The molecule has 0 aromatic heterocycles. The van der Waals surface area contributed by atoms with Gasteiger partial charge >= 0.3 is 6.09 Å². The predicted octanol–water partition coefficient (Wildman–Crippen LogP) is 1.37. The average molecular weight is 214 g/mol. The maximum absolute atomic E-state index is 11.4. The van der Waals surface area contributed by atoms with Crippen LogP contribution in [0.1, 0.15) is 27.2 Å². The topological polar surface area (TPSA) is 50.4 Å². The van der Waals surface area contributed by atoms with Gasteiger partial charge in [0.2, 0.25) is 0 Å². The zero-order valence-corrected chi connectivity index (χ0v) is 9.88. The molecule has 0 spiro atoms. The maximum atomic E-state index is 11.4. The Labute approximate surface area is 91.8 Å². The van der Waals surface area contributed by atoms with E-state index < -0.39 is 0 Å². The van der Waals surface area contributed by atoms with Crippen molar-refractivity contribution in [1.82, 2.24) is 10.6 Å². The molecule has 1 fully saturated rings. The lowest BCUT2D eigenvalue weighted by Crippen LogP contribution is -2.39. The number of nitrogens with one attached hydrogen (secondary N) is 2. The summed E-state index contributed by atoms with van der Waals surface area (Å²) in [5.41, 5.74) is 0. The molecule has 88 valence electrons. The molecule has 0 aromatic rings. The zero-order valence-electron chi connectivity index (χ0n) is 9.88. The van der Waals surface area contributed by atoms with Crippen molar-refractivity contribution in [3.8, 4) is 0 Å². The van der Waals surface area contributed by atoms with Gasteiger partial charge in [0.05, 0.1) is 6.61 Å². The van der Waals surface area contributed by atoms with E-state index in [4.69, 9.17) is 4.74 Å². The molecule has 0 aromatic carbocycles. The summed E-state index contributed by atoms with van der Waals surface area (Å²) in [7, 11) is 0. The van der Waals surface area contributed by atoms with Crippen LogP contribution in [0.5, 0.6) is 0 Å². The van der Waals surface area contributed by atoms with Gasteiger partial charge in [-0.25, -0.2) is 4.79 Å². The first-order valence-electron chi connectivity index (χ1n) is 5.73. The third-order valence-electron chi connectivity index (χ3n) is 2.70. The number of rotatable bonds is 4. The second-order valence-electron chi connectivity index (χ2n) is 4.68. The molecule has 1 amide bonds. The molecule has 2 atom stereocenters. The van der Waals surface area contributed by atoms with Crippen LogP contribution in [-0.4, -0.2) is 31.8 Å². The summed E-state index contributed by atoms with van der Waals surface area (Å²) in [5.74, 6) is 0.927. The number of hydrogen-bond acceptors (Lipinski definition) is 3. The highest BCUT2D eigenvalue weighted by Crippen LogP contribution is 2.12. The molecule has 15 heavy (non-hydrogen) atoms. The first-order chi connectivity index (χ1) is 7.09. The van der Waals surface area contributed by atoms with Crippen molar-refractivity contribution in [2.75, 3.05) is 19.7 Å². The molecule has 4 nitrogen and oxygen atoms in total. The highest BCUT2D eigenvalue weighted by Gasteiger charge is 2.22. The number of amides is 1. The Bertz CT molecular complexity index is 201. The van der Waals surface area contributed by atoms with Gasteiger partial charge in [-0.3, -0.25) is 0 Å². The second-order valence-corrected chi connectivity index (χ2v) is 4.68. The van der Waals surface area contributed by atoms with Gasteiger partial charge in [0.25, 0.3) is 0 Å². The third-order valence-corrected chi connectivity index (χ3v) is 2.70. The van der Waals surface area contributed by atoms with Gasteiger partial charge < -0.3 is 15.4 Å². The summed E-state index contributed by atoms with van der Waals surface area (Å²) in [6.45, 7) is 8.62. The van der Waals surface area contributed by atoms with Crippen molar-refractivity contribution in [3.05, 3.63) is 0 Å². The standard InChI is InChI=1S/C11H22N2O2/c1-8(2)7-15-11(14)13-9(3)10-4-5-12-6-10/h8-10,12H,4-7H2,1-3H3,(H,13,14). The van der Waals surface area contributed by atoms with E-state index in [1.807, 2.05) is 20.8 Å². The number of carbonyl (C=O) groups excluding carboxylic acids is 1. The van der Waals surface area contributed by atoms with Crippen LogP contribution < -0.4 is 10.6 Å². The van der Waals surface area contributed by atoms with Crippen LogP contribution in [0.4, 0.5) is 4.79 Å². The summed E-state index contributed by atoms with van der Waals surface area (Å²) < 4.78 is 5.06. The number of ether oxygens (including phenoxy) is 1. The minimum Gasteiger partial charge on any atom is -0.449 e. The molecule has 0 bridgehead atoms. The number of hydrogen-bond donors (Lipinski definition) is 2. The Morgan fingerprint density at radius 3 is 2.80 bits per heavy atom. The van der Waals surface area contributed by atoms with Crippen molar-refractivity contribution >= 4 is 6.09 Å². The van der Waals surface area contributed by atoms with Crippen LogP contribution in [0.15, 0.2) is 0 Å². The summed E-state index contributed by atoms with van der Waals surface area (Å²) in [5, 5.41) is 6.16. The van der Waals surface area contributed by atoms with E-state index in [1.54, 1.807) is 0 Å². The van der Waals surface area contributed by atoms with Crippen molar-refractivity contribution in [2.45, 2.75) is 33.2 Å². The van der Waals surface area contributed by atoms with Gasteiger partial charge in [-0.15, -0.1) is 0 Å². The van der Waals surface area contributed by atoms with Crippen molar-refractivity contribution < 1.29 is 9.53 Å². The summed E-state index contributed by atoms with van der Waals surface area (Å²) in [6.07, 6.45) is 0.842. The predicted molar refractivity (Wildman–Crippen MR) is 59.8 cm³/mol. The van der Waals surface area contributed by atoms with Crippen molar-refractivity contribution in [3.63, 3.8) is 0 Å². The van der Waals surface area contributed by atoms with E-state index in [9.17, 15) is 4.79 Å². The lowest BCUT2D eigenvalue weighted by atomic mass is 10.0. The lowest BCUT2D eigenvalue weighted by molar-refractivity contribution is 0.127. The maximum Gasteiger partial charge on any atom is 0.407 e. The number of alkyl carbamates (subject to hydrolysis) is 1. The van der Waals surface area contributed by atoms with E-state index in [0.29, 0.717) is 18.4 Å². The minimum absolute atomic E-state index is 0.194. The van der Waals surface area contributed by atoms with E-state index in [-0.39, 0.29) is 12.1 Å². The largest absolute Gasteiger partial charge is 0.449 e. The Morgan fingerprint density at radius 2 is 2.27 bits per heavy atom. The van der Waals surface area contributed by atoms with Gasteiger partial charge in [0.1, 0.15) is 0 Å². The first-order valence-corrected chi connectivity index (χ1v) is 5.73. The summed E-state index contributed by atoms with van der Waals surface area (Å²) in [4.78, 5) is 11.4. The highest BCUT2D eigenvalue weighted by molar-refractivity contribution is 5.67. The Hall–Kier alpha value is -0.770. The van der Waals surface area contributed by atoms with E-state index in [2.05, 4.69) is 10.6 Å². The molecule has 1 rings (SSSR count). The molecule has 0 radical (unpaired) electrons. The summed E-state index contributed by atoms with van der Waals surface area (Å²) >= 11 is 0. The molecular formula is C11H22N2O2. The molecule has 1 saturated heterocycles. The fourth-order valence-electron chi connectivity index (χ4n) is 1.69. The number of carbonyl (C=O) groups is 1. The molecule has 2 unspecified atom stereocenters. The SMILES string of the molecule is CC(C)COC(=O)NC(C)C1CCNC1. The van der Waals surface area contributed by atoms with E-state index in [0.717, 1.165) is 19.5 Å². The molecule has 1 aliphatic rings. The fraction of sp³-hybridized carbons (Fsp3) is 0.909. The Kier molecular flexibility index (Phi) is 4.88. The van der Waals surface area contributed by atoms with Crippen LogP contribution in [0, 0.1) is 11.8 Å². The minimum atomic E-state index is -0.289. The van der Waals surface area contributed by atoms with E-state index >= 15 is 0 Å². The van der Waals surface area contributed by atoms with Crippen LogP contribution >= 0.6 is 0 Å². The summed E-state index contributed by atoms with van der Waals surface area (Å²) in [6, 6.07) is 0.194. The Morgan fingerprint density at radius 1 is 1.53 bits per heavy atom. The van der Waals surface area contributed by atoms with Gasteiger partial charge in [0.15, 0.2) is 0 Å². The second kappa shape index (κ2) is 5.95. The zero-order chi connectivity index (χ0) is 11.3. The quantitative estimate of drug-likeness (QED) is 0.743. The van der Waals surface area contributed by atoms with E-state index in [1.165, 1.54) is 0 Å². The van der Waals surface area contributed by atoms with Crippen molar-refractivity contribution in [1.29, 1.82) is 0 Å². The molecule has 4 heteroatoms. The van der Waals surface area contributed by atoms with Crippen LogP contribution in [0.3, 0.4) is 0 Å². The normalized spacial score (nSPS) is 22.8. The monoisotopic (exact) mass is 214 g/mol. The van der Waals surface area contributed by atoms with Gasteiger partial charge in [0, 0.05) is 6.04 Å². The average Bonchev–Trinajstić information content (AvgIpc) is 2.67. The van der Waals surface area contributed by atoms with Crippen LogP contribution in [0.2, 0.25) is 0 Å². The molecule has 2 N–H and O–H groups in total. The first kappa shape index (κ1) is 12.3. The molecule has 1 aliphatic heterocycles. The molecule has 0 saturated carbocycles. The third kappa shape index (κ3) is 4.51. The van der Waals surface area contributed by atoms with Crippen LogP contribution in [0.25, 0.3) is 0 Å². The molecule has 0 aliphatic carbocycles. The highest BCUT2D eigenvalue weighted by atomic mass is 16.5. The van der Waals surface area contributed by atoms with Gasteiger partial charge in [-0.1, -0.05) is 13.8 Å². The van der Waals surface area contributed by atoms with Crippen LogP contribution in [-0.2, 0) is 4.74 Å². The fourth-order valence-corrected chi connectivity index (χ4v) is 1.69. The van der Waals surface area contributed by atoms with Gasteiger partial charge in [-0.05, 0) is 38.3 Å². The molecule has 1 heterocycles. The smallest absolute Gasteiger partial charge is 0.407 e. The van der Waals surface area contributed by atoms with Gasteiger partial charge in [-0.2, -0.15) is 0 Å².